The number of ether oxygens (including phenoxy) is 1. The number of non-ortho nitro benzene ring substituents is 2. The van der Waals surface area contributed by atoms with E-state index in [9.17, 15) is 34.6 Å². The van der Waals surface area contributed by atoms with Gasteiger partial charge >= 0.3 is 6.03 Å². The molecule has 1 aliphatic rings. The van der Waals surface area contributed by atoms with Crippen LogP contribution in [0.25, 0.3) is 6.08 Å². The Morgan fingerprint density at radius 1 is 0.919 bits per heavy atom. The fraction of sp³-hybridized carbons (Fsp3) is 0.0417. The molecule has 1 fully saturated rings. The molecule has 37 heavy (non-hydrogen) atoms. The number of hydrogen-bond donors (Lipinski definition) is 1. The summed E-state index contributed by atoms with van der Waals surface area (Å²) < 4.78 is 5.65. The summed E-state index contributed by atoms with van der Waals surface area (Å²) in [6, 6.07) is 14.1. The first kappa shape index (κ1) is 25.0. The summed E-state index contributed by atoms with van der Waals surface area (Å²) in [5, 5.41) is 24.0. The average Bonchev–Trinajstić information content (AvgIpc) is 2.86. The molecule has 1 saturated heterocycles. The number of barbiturate groups is 1. The van der Waals surface area contributed by atoms with E-state index in [0.29, 0.717) is 16.0 Å². The van der Waals surface area contributed by atoms with Crippen LogP contribution in [0.15, 0.2) is 72.3 Å². The fourth-order valence-electron chi connectivity index (χ4n) is 3.40. The van der Waals surface area contributed by atoms with E-state index in [1.807, 2.05) is 5.32 Å². The third-order valence-electron chi connectivity index (χ3n) is 5.21. The highest BCUT2D eigenvalue weighted by molar-refractivity contribution is 6.39. The van der Waals surface area contributed by atoms with Gasteiger partial charge in [-0.15, -0.1) is 0 Å². The van der Waals surface area contributed by atoms with Gasteiger partial charge in [0.05, 0.1) is 20.6 Å². The molecule has 1 aliphatic heterocycles. The van der Waals surface area contributed by atoms with E-state index in [-0.39, 0.29) is 40.0 Å². The number of hydrogen-bond acceptors (Lipinski definition) is 8. The first-order valence-corrected chi connectivity index (χ1v) is 10.8. The number of imide groups is 2. The summed E-state index contributed by atoms with van der Waals surface area (Å²) in [4.78, 5) is 59.0. The molecular formula is C24H15ClN4O8. The Balaban J connectivity index is 1.54. The highest BCUT2D eigenvalue weighted by Crippen LogP contribution is 2.29. The van der Waals surface area contributed by atoms with Crippen molar-refractivity contribution in [3.05, 3.63) is 109 Å². The number of rotatable bonds is 7. The van der Waals surface area contributed by atoms with E-state index in [4.69, 9.17) is 16.3 Å². The van der Waals surface area contributed by atoms with E-state index >= 15 is 0 Å². The summed E-state index contributed by atoms with van der Waals surface area (Å²) in [6.07, 6.45) is 1.22. The van der Waals surface area contributed by atoms with Crippen molar-refractivity contribution in [2.24, 2.45) is 0 Å². The van der Waals surface area contributed by atoms with E-state index in [1.54, 1.807) is 12.1 Å². The maximum absolute atomic E-state index is 13.0. The van der Waals surface area contributed by atoms with Crippen LogP contribution in [-0.2, 0) is 16.2 Å². The quantitative estimate of drug-likeness (QED) is 0.206. The minimum atomic E-state index is -1.04. The molecule has 1 heterocycles. The maximum Gasteiger partial charge on any atom is 0.335 e. The lowest BCUT2D eigenvalue weighted by Gasteiger charge is -2.26. The van der Waals surface area contributed by atoms with Crippen molar-refractivity contribution < 1.29 is 29.0 Å². The SMILES string of the molecule is O=C1NC(=O)N(c2cccc([N+](=O)[O-])c2)C(=O)/C1=C/c1ccc(OCc2ccc([N+](=O)[O-])cc2)c(Cl)c1. The van der Waals surface area contributed by atoms with E-state index in [0.717, 1.165) is 6.07 Å². The Kier molecular flexibility index (Phi) is 6.93. The molecule has 186 valence electrons. The van der Waals surface area contributed by atoms with Crippen molar-refractivity contribution in [3.63, 3.8) is 0 Å². The van der Waals surface area contributed by atoms with E-state index in [2.05, 4.69) is 0 Å². The van der Waals surface area contributed by atoms with Crippen molar-refractivity contribution in [1.82, 2.24) is 5.32 Å². The molecule has 1 N–H and O–H groups in total. The smallest absolute Gasteiger partial charge is 0.335 e. The minimum absolute atomic E-state index is 0.0498. The minimum Gasteiger partial charge on any atom is -0.487 e. The maximum atomic E-state index is 13.0. The van der Waals surface area contributed by atoms with Gasteiger partial charge in [0.1, 0.15) is 17.9 Å². The topological polar surface area (TPSA) is 162 Å². The Hall–Kier alpha value is -5.10. The summed E-state index contributed by atoms with van der Waals surface area (Å²) >= 11 is 6.29. The molecule has 4 amide bonds. The summed E-state index contributed by atoms with van der Waals surface area (Å²) in [7, 11) is 0. The lowest BCUT2D eigenvalue weighted by Crippen LogP contribution is -2.54. The normalized spacial score (nSPS) is 14.5. The van der Waals surface area contributed by atoms with Gasteiger partial charge in [0.2, 0.25) is 0 Å². The molecule has 0 spiro atoms. The molecule has 0 saturated carbocycles. The van der Waals surface area contributed by atoms with Crippen LogP contribution >= 0.6 is 11.6 Å². The molecule has 0 radical (unpaired) electrons. The first-order chi connectivity index (χ1) is 17.6. The average molecular weight is 523 g/mol. The van der Waals surface area contributed by atoms with Crippen molar-refractivity contribution in [2.75, 3.05) is 4.90 Å². The Morgan fingerprint density at radius 2 is 1.62 bits per heavy atom. The van der Waals surface area contributed by atoms with Crippen LogP contribution < -0.4 is 15.0 Å². The van der Waals surface area contributed by atoms with E-state index in [1.165, 1.54) is 54.6 Å². The number of nitrogens with zero attached hydrogens (tertiary/aromatic N) is 3. The van der Waals surface area contributed by atoms with Crippen molar-refractivity contribution in [1.29, 1.82) is 0 Å². The number of carbonyl (C=O) groups is 3. The predicted octanol–water partition coefficient (Wildman–Crippen LogP) is 4.40. The molecule has 0 unspecified atom stereocenters. The number of carbonyl (C=O) groups excluding carboxylic acids is 3. The van der Waals surface area contributed by atoms with Crippen LogP contribution in [0.5, 0.6) is 5.75 Å². The second kappa shape index (κ2) is 10.3. The standard InChI is InChI=1S/C24H15ClN4O8/c25-20-11-15(6-9-21(20)37-13-14-4-7-16(8-5-14)28(33)34)10-19-22(30)26-24(32)27(23(19)31)17-2-1-3-18(12-17)29(35)36/h1-12H,13H2,(H,26,30,32)/b19-10+. The lowest BCUT2D eigenvalue weighted by molar-refractivity contribution is -0.385. The number of nitro benzene ring substituents is 2. The van der Waals surface area contributed by atoms with Crippen molar-refractivity contribution >= 4 is 52.6 Å². The second-order valence-electron chi connectivity index (χ2n) is 7.64. The van der Waals surface area contributed by atoms with Crippen LogP contribution in [-0.4, -0.2) is 27.7 Å². The van der Waals surface area contributed by atoms with Crippen LogP contribution in [0.2, 0.25) is 5.02 Å². The second-order valence-corrected chi connectivity index (χ2v) is 8.04. The molecule has 3 aromatic rings. The largest absolute Gasteiger partial charge is 0.487 e. The van der Waals surface area contributed by atoms with Gasteiger partial charge in [-0.05, 0) is 47.5 Å². The third-order valence-corrected chi connectivity index (χ3v) is 5.50. The van der Waals surface area contributed by atoms with Crippen LogP contribution in [0, 0.1) is 20.2 Å². The zero-order valence-corrected chi connectivity index (χ0v) is 19.4. The zero-order valence-electron chi connectivity index (χ0n) is 18.6. The molecule has 0 aliphatic carbocycles. The third kappa shape index (κ3) is 5.44. The van der Waals surface area contributed by atoms with Crippen molar-refractivity contribution in [3.8, 4) is 5.75 Å². The highest BCUT2D eigenvalue weighted by atomic mass is 35.5. The van der Waals surface area contributed by atoms with Gasteiger partial charge in [-0.2, -0.15) is 0 Å². The van der Waals surface area contributed by atoms with Gasteiger partial charge in [0.25, 0.3) is 23.2 Å². The van der Waals surface area contributed by atoms with Gasteiger partial charge < -0.3 is 4.74 Å². The van der Waals surface area contributed by atoms with Crippen LogP contribution in [0.3, 0.4) is 0 Å². The summed E-state index contributed by atoms with van der Waals surface area (Å²) in [6.45, 7) is 0.0827. The highest BCUT2D eigenvalue weighted by Gasteiger charge is 2.37. The van der Waals surface area contributed by atoms with Gasteiger partial charge in [0.15, 0.2) is 0 Å². The monoisotopic (exact) mass is 522 g/mol. The number of benzene rings is 3. The van der Waals surface area contributed by atoms with Gasteiger partial charge in [-0.3, -0.25) is 35.1 Å². The number of halogens is 1. The number of urea groups is 1. The molecule has 0 aromatic heterocycles. The molecule has 3 aromatic carbocycles. The molecule has 13 heteroatoms. The van der Waals surface area contributed by atoms with Gasteiger partial charge in [0, 0.05) is 24.3 Å². The molecule has 0 bridgehead atoms. The Bertz CT molecular complexity index is 1490. The number of nitrogens with one attached hydrogen (secondary N) is 1. The summed E-state index contributed by atoms with van der Waals surface area (Å²) in [5.41, 5.74) is 0.162. The molecule has 12 nitrogen and oxygen atoms in total. The zero-order chi connectivity index (χ0) is 26.7. The number of amides is 4. The Morgan fingerprint density at radius 3 is 2.27 bits per heavy atom. The Labute approximate surface area is 213 Å². The predicted molar refractivity (Wildman–Crippen MR) is 131 cm³/mol. The van der Waals surface area contributed by atoms with Crippen LogP contribution in [0.4, 0.5) is 21.9 Å². The van der Waals surface area contributed by atoms with Crippen LogP contribution in [0.1, 0.15) is 11.1 Å². The molecule has 4 rings (SSSR count). The fourth-order valence-corrected chi connectivity index (χ4v) is 3.65. The molecular weight excluding hydrogens is 508 g/mol. The number of nitro groups is 2. The number of anilines is 1. The van der Waals surface area contributed by atoms with E-state index < -0.39 is 27.7 Å². The van der Waals surface area contributed by atoms with Gasteiger partial charge in [-0.25, -0.2) is 9.69 Å². The summed E-state index contributed by atoms with van der Waals surface area (Å²) in [5.74, 6) is -1.62. The lowest BCUT2D eigenvalue weighted by atomic mass is 10.1. The molecule has 0 atom stereocenters. The van der Waals surface area contributed by atoms with Crippen molar-refractivity contribution in [2.45, 2.75) is 6.61 Å². The first-order valence-electron chi connectivity index (χ1n) is 10.5. The van der Waals surface area contributed by atoms with Gasteiger partial charge in [-0.1, -0.05) is 23.7 Å².